The van der Waals surface area contributed by atoms with E-state index in [0.29, 0.717) is 24.8 Å². The number of aromatic nitrogens is 5. The summed E-state index contributed by atoms with van der Waals surface area (Å²) in [6.07, 6.45) is 1.77. The molecule has 0 aliphatic carbocycles. The molecule has 0 atom stereocenters. The van der Waals surface area contributed by atoms with Gasteiger partial charge in [-0.2, -0.15) is 4.98 Å². The number of rotatable bonds is 5. The minimum absolute atomic E-state index is 0.183. The zero-order valence-electron chi connectivity index (χ0n) is 11.3. The third-order valence-electron chi connectivity index (χ3n) is 2.24. The Kier molecular flexibility index (Phi) is 4.20. The Morgan fingerprint density at radius 2 is 2.21 bits per heavy atom. The SMILES string of the molecule is CC(C)(C)SCc1noc(Cn2cc(CN)nn2)n1. The van der Waals surface area contributed by atoms with Gasteiger partial charge < -0.3 is 10.3 Å². The van der Waals surface area contributed by atoms with E-state index in [2.05, 4.69) is 41.2 Å². The minimum atomic E-state index is 0.183. The van der Waals surface area contributed by atoms with E-state index in [1.54, 1.807) is 22.6 Å². The summed E-state index contributed by atoms with van der Waals surface area (Å²) in [5.41, 5.74) is 6.21. The molecule has 0 aliphatic heterocycles. The Balaban J connectivity index is 1.93. The maximum Gasteiger partial charge on any atom is 0.248 e. The van der Waals surface area contributed by atoms with E-state index in [1.165, 1.54) is 0 Å². The Morgan fingerprint density at radius 1 is 1.42 bits per heavy atom. The summed E-state index contributed by atoms with van der Waals surface area (Å²) < 4.78 is 7.00. The maximum absolute atomic E-state index is 5.47. The first-order valence-corrected chi connectivity index (χ1v) is 6.99. The van der Waals surface area contributed by atoms with Crippen LogP contribution in [0.25, 0.3) is 0 Å². The second-order valence-electron chi connectivity index (χ2n) is 5.12. The maximum atomic E-state index is 5.47. The lowest BCUT2D eigenvalue weighted by atomic mass is 10.3. The fourth-order valence-corrected chi connectivity index (χ4v) is 2.02. The van der Waals surface area contributed by atoms with Crippen molar-refractivity contribution in [2.45, 2.75) is 44.4 Å². The predicted molar refractivity (Wildman–Crippen MR) is 72.4 cm³/mol. The molecule has 2 aromatic heterocycles. The predicted octanol–water partition coefficient (Wildman–Crippen LogP) is 1.20. The lowest BCUT2D eigenvalue weighted by Crippen LogP contribution is -2.08. The third-order valence-corrected chi connectivity index (χ3v) is 3.51. The first-order chi connectivity index (χ1) is 8.96. The fraction of sp³-hybridized carbons (Fsp3) is 0.636. The van der Waals surface area contributed by atoms with Gasteiger partial charge in [0.1, 0.15) is 6.54 Å². The van der Waals surface area contributed by atoms with Crippen LogP contribution >= 0.6 is 11.8 Å². The molecule has 8 heteroatoms. The third kappa shape index (κ3) is 4.32. The average Bonchev–Trinajstić information content (AvgIpc) is 2.95. The lowest BCUT2D eigenvalue weighted by molar-refractivity contribution is 0.361. The number of hydrogen-bond donors (Lipinski definition) is 1. The van der Waals surface area contributed by atoms with Gasteiger partial charge in [-0.25, -0.2) is 4.68 Å². The monoisotopic (exact) mass is 282 g/mol. The molecule has 19 heavy (non-hydrogen) atoms. The Bertz CT molecular complexity index is 529. The first-order valence-electron chi connectivity index (χ1n) is 6.01. The Hall–Kier alpha value is -1.41. The first kappa shape index (κ1) is 14.0. The van der Waals surface area contributed by atoms with Crippen LogP contribution in [0, 0.1) is 0 Å². The van der Waals surface area contributed by atoms with Gasteiger partial charge in [0.05, 0.1) is 17.6 Å². The zero-order valence-corrected chi connectivity index (χ0v) is 12.1. The van der Waals surface area contributed by atoms with E-state index >= 15 is 0 Å². The highest BCUT2D eigenvalue weighted by molar-refractivity contribution is 7.99. The number of nitrogens with two attached hydrogens (primary N) is 1. The van der Waals surface area contributed by atoms with Gasteiger partial charge in [-0.15, -0.1) is 16.9 Å². The van der Waals surface area contributed by atoms with Crippen LogP contribution in [0.1, 0.15) is 38.2 Å². The standard InChI is InChI=1S/C11H18N6OS/c1-11(2,3)19-7-9-13-10(18-15-9)6-17-5-8(4-12)14-16-17/h5H,4,6-7,12H2,1-3H3. The normalized spacial score (nSPS) is 12.0. The summed E-state index contributed by atoms with van der Waals surface area (Å²) in [4.78, 5) is 4.33. The van der Waals surface area contributed by atoms with Crippen molar-refractivity contribution in [3.63, 3.8) is 0 Å². The van der Waals surface area contributed by atoms with Crippen molar-refractivity contribution < 1.29 is 4.52 Å². The topological polar surface area (TPSA) is 95.7 Å². The minimum Gasteiger partial charge on any atom is -0.337 e. The van der Waals surface area contributed by atoms with Gasteiger partial charge in [0.15, 0.2) is 5.82 Å². The van der Waals surface area contributed by atoms with Crippen molar-refractivity contribution in [2.75, 3.05) is 0 Å². The molecule has 0 aromatic carbocycles. The van der Waals surface area contributed by atoms with Gasteiger partial charge in [-0.3, -0.25) is 0 Å². The van der Waals surface area contributed by atoms with Crippen molar-refractivity contribution >= 4 is 11.8 Å². The number of thioether (sulfide) groups is 1. The van der Waals surface area contributed by atoms with Gasteiger partial charge in [-0.1, -0.05) is 31.1 Å². The van der Waals surface area contributed by atoms with Gasteiger partial charge in [0, 0.05) is 11.3 Å². The molecule has 7 nitrogen and oxygen atoms in total. The van der Waals surface area contributed by atoms with Gasteiger partial charge in [0.2, 0.25) is 5.89 Å². The largest absolute Gasteiger partial charge is 0.337 e. The molecule has 0 unspecified atom stereocenters. The smallest absolute Gasteiger partial charge is 0.248 e. The summed E-state index contributed by atoms with van der Waals surface area (Å²) in [5.74, 6) is 1.96. The quantitative estimate of drug-likeness (QED) is 0.880. The molecule has 0 saturated heterocycles. The molecule has 0 aliphatic rings. The van der Waals surface area contributed by atoms with Crippen LogP contribution < -0.4 is 5.73 Å². The van der Waals surface area contributed by atoms with Crippen molar-refractivity contribution in [1.82, 2.24) is 25.1 Å². The Morgan fingerprint density at radius 3 is 2.84 bits per heavy atom. The van der Waals surface area contributed by atoms with Crippen LogP contribution in [-0.4, -0.2) is 29.9 Å². The lowest BCUT2D eigenvalue weighted by Gasteiger charge is -2.15. The van der Waals surface area contributed by atoms with E-state index in [1.807, 2.05) is 0 Å². The molecule has 0 amide bonds. The molecule has 2 aromatic rings. The molecular formula is C11H18N6OS. The van der Waals surface area contributed by atoms with Crippen LogP contribution in [0.2, 0.25) is 0 Å². The van der Waals surface area contributed by atoms with Gasteiger partial charge in [-0.05, 0) is 0 Å². The second-order valence-corrected chi connectivity index (χ2v) is 6.92. The van der Waals surface area contributed by atoms with Crippen LogP contribution in [0.15, 0.2) is 10.7 Å². The molecule has 0 bridgehead atoms. The molecule has 0 saturated carbocycles. The molecule has 0 spiro atoms. The fourth-order valence-electron chi connectivity index (χ4n) is 1.34. The molecule has 2 rings (SSSR count). The molecule has 2 N–H and O–H groups in total. The van der Waals surface area contributed by atoms with E-state index in [0.717, 1.165) is 11.4 Å². The van der Waals surface area contributed by atoms with Gasteiger partial charge in [0.25, 0.3) is 0 Å². The molecule has 104 valence electrons. The molecule has 2 heterocycles. The van der Waals surface area contributed by atoms with Gasteiger partial charge >= 0.3 is 0 Å². The summed E-state index contributed by atoms with van der Waals surface area (Å²) in [7, 11) is 0. The summed E-state index contributed by atoms with van der Waals surface area (Å²) >= 11 is 1.78. The average molecular weight is 282 g/mol. The van der Waals surface area contributed by atoms with Crippen LogP contribution in [0.4, 0.5) is 0 Å². The molecule has 0 radical (unpaired) electrons. The van der Waals surface area contributed by atoms with Crippen LogP contribution in [0.5, 0.6) is 0 Å². The molecular weight excluding hydrogens is 264 g/mol. The highest BCUT2D eigenvalue weighted by atomic mass is 32.2. The highest BCUT2D eigenvalue weighted by Gasteiger charge is 2.14. The number of nitrogens with zero attached hydrogens (tertiary/aromatic N) is 5. The summed E-state index contributed by atoms with van der Waals surface area (Å²) in [6, 6.07) is 0. The summed E-state index contributed by atoms with van der Waals surface area (Å²) in [6.45, 7) is 7.25. The number of hydrogen-bond acceptors (Lipinski definition) is 7. The van der Waals surface area contributed by atoms with Crippen molar-refractivity contribution in [3.05, 3.63) is 23.6 Å². The van der Waals surface area contributed by atoms with E-state index in [4.69, 9.17) is 10.3 Å². The van der Waals surface area contributed by atoms with Crippen LogP contribution in [0.3, 0.4) is 0 Å². The van der Waals surface area contributed by atoms with Crippen molar-refractivity contribution in [3.8, 4) is 0 Å². The van der Waals surface area contributed by atoms with Crippen molar-refractivity contribution in [1.29, 1.82) is 0 Å². The van der Waals surface area contributed by atoms with Crippen molar-refractivity contribution in [2.24, 2.45) is 5.73 Å². The second kappa shape index (κ2) is 5.70. The zero-order chi connectivity index (χ0) is 13.9. The van der Waals surface area contributed by atoms with E-state index in [-0.39, 0.29) is 4.75 Å². The molecule has 0 fully saturated rings. The summed E-state index contributed by atoms with van der Waals surface area (Å²) in [5, 5.41) is 11.8. The van der Waals surface area contributed by atoms with E-state index < -0.39 is 0 Å². The van der Waals surface area contributed by atoms with Crippen LogP contribution in [-0.2, 0) is 18.8 Å². The Labute approximate surface area is 115 Å². The highest BCUT2D eigenvalue weighted by Crippen LogP contribution is 2.26. The van der Waals surface area contributed by atoms with E-state index in [9.17, 15) is 0 Å².